The predicted octanol–water partition coefficient (Wildman–Crippen LogP) is 5.41. The van der Waals surface area contributed by atoms with Crippen molar-refractivity contribution in [3.05, 3.63) is 64.7 Å². The van der Waals surface area contributed by atoms with Crippen LogP contribution in [-0.4, -0.2) is 29.7 Å². The lowest BCUT2D eigenvalue weighted by molar-refractivity contribution is 0.0760. The van der Waals surface area contributed by atoms with Crippen molar-refractivity contribution >= 4 is 29.3 Å². The molecule has 3 rings (SSSR count). The van der Waals surface area contributed by atoms with Crippen molar-refractivity contribution in [3.8, 4) is 5.75 Å². The molecule has 2 aromatic carbocycles. The van der Waals surface area contributed by atoms with Gasteiger partial charge < -0.3 is 9.64 Å². The number of halogens is 1. The first-order valence-electron chi connectivity index (χ1n) is 8.60. The van der Waals surface area contributed by atoms with Crippen LogP contribution < -0.4 is 4.74 Å². The number of carbonyl (C=O) groups excluding carboxylic acids is 1. The molecule has 1 amide bonds. The van der Waals surface area contributed by atoms with Crippen LogP contribution in [0, 0.1) is 0 Å². The summed E-state index contributed by atoms with van der Waals surface area (Å²) in [5.41, 5.74) is 1.76. The van der Waals surface area contributed by atoms with Crippen LogP contribution in [0.15, 0.2) is 48.5 Å². The second kappa shape index (κ2) is 8.63. The lowest BCUT2D eigenvalue weighted by Crippen LogP contribution is -2.30. The first-order chi connectivity index (χ1) is 12.2. The molecule has 1 aliphatic heterocycles. The van der Waals surface area contributed by atoms with E-state index in [0.717, 1.165) is 36.5 Å². The molecule has 25 heavy (non-hydrogen) atoms. The molecule has 0 bridgehead atoms. The summed E-state index contributed by atoms with van der Waals surface area (Å²) in [6, 6.07) is 15.2. The van der Waals surface area contributed by atoms with Gasteiger partial charge in [-0.15, -0.1) is 11.8 Å². The number of hydrogen-bond acceptors (Lipinski definition) is 3. The minimum absolute atomic E-state index is 0.0201. The Hall–Kier alpha value is -1.65. The summed E-state index contributed by atoms with van der Waals surface area (Å²) in [5, 5.41) is 0.720. The monoisotopic (exact) mass is 375 g/mol. The number of hydrogen-bond donors (Lipinski definition) is 0. The maximum atomic E-state index is 12.9. The van der Waals surface area contributed by atoms with Gasteiger partial charge in [0.1, 0.15) is 11.1 Å². The molecule has 3 nitrogen and oxygen atoms in total. The van der Waals surface area contributed by atoms with Gasteiger partial charge in [0.05, 0.1) is 6.61 Å². The highest BCUT2D eigenvalue weighted by atomic mass is 35.5. The van der Waals surface area contributed by atoms with E-state index in [9.17, 15) is 4.79 Å². The average molecular weight is 376 g/mol. The van der Waals surface area contributed by atoms with Gasteiger partial charge in [0.15, 0.2) is 0 Å². The molecule has 0 aliphatic carbocycles. The maximum absolute atomic E-state index is 12.9. The Kier molecular flexibility index (Phi) is 6.27. The molecule has 1 fully saturated rings. The molecule has 1 aliphatic rings. The van der Waals surface area contributed by atoms with Crippen molar-refractivity contribution in [3.63, 3.8) is 0 Å². The predicted molar refractivity (Wildman–Crippen MR) is 105 cm³/mol. The van der Waals surface area contributed by atoms with Gasteiger partial charge in [0.2, 0.25) is 0 Å². The normalized spacial score (nSPS) is 16.9. The Balaban J connectivity index is 1.71. The zero-order chi connectivity index (χ0) is 17.6. The Morgan fingerprint density at radius 2 is 2.08 bits per heavy atom. The Morgan fingerprint density at radius 1 is 1.28 bits per heavy atom. The molecule has 0 spiro atoms. The van der Waals surface area contributed by atoms with Gasteiger partial charge >= 0.3 is 0 Å². The minimum atomic E-state index is 0.0201. The molecule has 132 valence electrons. The van der Waals surface area contributed by atoms with Crippen LogP contribution in [0.5, 0.6) is 5.75 Å². The van der Waals surface area contributed by atoms with E-state index in [-0.39, 0.29) is 11.3 Å². The number of thioether (sulfide) groups is 1. The first kappa shape index (κ1) is 18.2. The van der Waals surface area contributed by atoms with Crippen LogP contribution in [0.25, 0.3) is 0 Å². The smallest absolute Gasteiger partial charge is 0.255 e. The van der Waals surface area contributed by atoms with Crippen LogP contribution in [-0.2, 0) is 0 Å². The molecule has 1 heterocycles. The molecule has 0 saturated carbocycles. The molecule has 2 aromatic rings. The Bertz CT molecular complexity index is 720. The summed E-state index contributed by atoms with van der Waals surface area (Å²) >= 11 is 7.88. The molecule has 1 saturated heterocycles. The van der Waals surface area contributed by atoms with Crippen LogP contribution in [0.4, 0.5) is 0 Å². The molecule has 5 heteroatoms. The highest BCUT2D eigenvalue weighted by Crippen LogP contribution is 2.39. The van der Waals surface area contributed by atoms with Crippen molar-refractivity contribution in [2.75, 3.05) is 18.9 Å². The van der Waals surface area contributed by atoms with Gasteiger partial charge in [-0.05, 0) is 48.4 Å². The van der Waals surface area contributed by atoms with Crippen LogP contribution >= 0.6 is 23.4 Å². The molecule has 0 aromatic heterocycles. The number of unbranched alkanes of at least 4 members (excludes halogenated alkanes) is 1. The number of rotatable bonds is 6. The number of benzene rings is 2. The largest absolute Gasteiger partial charge is 0.494 e. The van der Waals surface area contributed by atoms with E-state index in [0.29, 0.717) is 17.2 Å². The van der Waals surface area contributed by atoms with Crippen LogP contribution in [0.1, 0.15) is 41.1 Å². The number of carbonyl (C=O) groups is 1. The molecule has 0 unspecified atom stereocenters. The zero-order valence-corrected chi connectivity index (χ0v) is 15.9. The minimum Gasteiger partial charge on any atom is -0.494 e. The van der Waals surface area contributed by atoms with E-state index >= 15 is 0 Å². The fourth-order valence-electron chi connectivity index (χ4n) is 2.81. The van der Waals surface area contributed by atoms with E-state index in [2.05, 4.69) is 6.92 Å². The van der Waals surface area contributed by atoms with Crippen molar-refractivity contribution < 1.29 is 9.53 Å². The van der Waals surface area contributed by atoms with Crippen LogP contribution in [0.3, 0.4) is 0 Å². The fraction of sp³-hybridized carbons (Fsp3) is 0.350. The third-order valence-electron chi connectivity index (χ3n) is 4.15. The second-order valence-electron chi connectivity index (χ2n) is 6.00. The van der Waals surface area contributed by atoms with E-state index < -0.39 is 0 Å². The summed E-state index contributed by atoms with van der Waals surface area (Å²) in [5.74, 6) is 1.79. The van der Waals surface area contributed by atoms with E-state index in [1.54, 1.807) is 11.8 Å². The molecular formula is C20H22ClNO2S. The SMILES string of the molecule is CCCCOc1ccc(C(=O)N2CCS[C@@H]2c2cccc(Cl)c2)cc1. The van der Waals surface area contributed by atoms with Gasteiger partial charge in [-0.3, -0.25) is 4.79 Å². The maximum Gasteiger partial charge on any atom is 0.255 e. The van der Waals surface area contributed by atoms with Gasteiger partial charge in [0.25, 0.3) is 5.91 Å². The summed E-state index contributed by atoms with van der Waals surface area (Å²) in [6.45, 7) is 3.59. The van der Waals surface area contributed by atoms with Crippen molar-refractivity contribution in [1.29, 1.82) is 0 Å². The van der Waals surface area contributed by atoms with Crippen molar-refractivity contribution in [2.45, 2.75) is 25.1 Å². The fourth-order valence-corrected chi connectivity index (χ4v) is 4.25. The van der Waals surface area contributed by atoms with Gasteiger partial charge in [-0.1, -0.05) is 37.1 Å². The van der Waals surface area contributed by atoms with Gasteiger partial charge in [0, 0.05) is 22.9 Å². The van der Waals surface area contributed by atoms with Crippen molar-refractivity contribution in [2.24, 2.45) is 0 Å². The molecule has 0 radical (unpaired) electrons. The van der Waals surface area contributed by atoms with Gasteiger partial charge in [-0.25, -0.2) is 0 Å². The zero-order valence-electron chi connectivity index (χ0n) is 14.3. The molecular weight excluding hydrogens is 354 g/mol. The third kappa shape index (κ3) is 4.50. The second-order valence-corrected chi connectivity index (χ2v) is 7.63. The number of amides is 1. The lowest BCUT2D eigenvalue weighted by atomic mass is 10.1. The summed E-state index contributed by atoms with van der Waals surface area (Å²) in [4.78, 5) is 14.8. The van der Waals surface area contributed by atoms with E-state index in [4.69, 9.17) is 16.3 Å². The standard InChI is InChI=1S/C20H22ClNO2S/c1-2-3-12-24-18-9-7-15(8-10-18)19(23)22-11-13-25-20(22)16-5-4-6-17(21)14-16/h4-10,14,20H,2-3,11-13H2,1H3/t20-/m1/s1. The average Bonchev–Trinajstić information content (AvgIpc) is 3.12. The Labute approximate surface area is 158 Å². The summed E-state index contributed by atoms with van der Waals surface area (Å²) in [6.07, 6.45) is 2.14. The van der Waals surface area contributed by atoms with Crippen molar-refractivity contribution in [1.82, 2.24) is 4.90 Å². The summed E-state index contributed by atoms with van der Waals surface area (Å²) in [7, 11) is 0. The third-order valence-corrected chi connectivity index (χ3v) is 5.65. The summed E-state index contributed by atoms with van der Waals surface area (Å²) < 4.78 is 5.67. The van der Waals surface area contributed by atoms with Gasteiger partial charge in [-0.2, -0.15) is 0 Å². The Morgan fingerprint density at radius 3 is 2.80 bits per heavy atom. The number of ether oxygens (including phenoxy) is 1. The topological polar surface area (TPSA) is 29.5 Å². The quantitative estimate of drug-likeness (QED) is 0.632. The highest BCUT2D eigenvalue weighted by Gasteiger charge is 2.31. The van der Waals surface area contributed by atoms with Crippen LogP contribution in [0.2, 0.25) is 5.02 Å². The first-order valence-corrected chi connectivity index (χ1v) is 10.0. The lowest BCUT2D eigenvalue weighted by Gasteiger charge is -2.24. The van der Waals surface area contributed by atoms with E-state index in [1.165, 1.54) is 0 Å². The molecule has 0 N–H and O–H groups in total. The number of nitrogens with zero attached hydrogens (tertiary/aromatic N) is 1. The molecule has 1 atom stereocenters. The van der Waals surface area contributed by atoms with E-state index in [1.807, 2.05) is 53.4 Å². The highest BCUT2D eigenvalue weighted by molar-refractivity contribution is 7.99.